The molecule has 176 valence electrons. The molecule has 0 radical (unpaired) electrons. The summed E-state index contributed by atoms with van der Waals surface area (Å²) in [6, 6.07) is 11.8. The molecule has 1 aromatic carbocycles. The number of guanidine groups is 1. The van der Waals surface area contributed by atoms with Crippen molar-refractivity contribution in [2.45, 2.75) is 58.3 Å². The number of halogens is 1. The summed E-state index contributed by atoms with van der Waals surface area (Å²) in [5.74, 6) is 1.59. The second-order valence-electron chi connectivity index (χ2n) is 9.27. The highest BCUT2D eigenvalue weighted by Crippen LogP contribution is 2.20. The molecule has 2 aliphatic rings. The predicted molar refractivity (Wildman–Crippen MR) is 140 cm³/mol. The summed E-state index contributed by atoms with van der Waals surface area (Å²) in [6.07, 6.45) is 2.50. The van der Waals surface area contributed by atoms with Gasteiger partial charge >= 0.3 is 0 Å². The standard InChI is InChI=1S/C24H41N5O.HI/c1-19(2)16-28-12-13-30-23(18-28)15-26-24(25-4)27-22-10-11-29(20(3)14-22)17-21-8-6-5-7-9-21;/h5-9,19-20,22-23H,10-18H2,1-4H3,(H2,25,26,27);1H. The van der Waals surface area contributed by atoms with Gasteiger partial charge in [-0.1, -0.05) is 44.2 Å². The first kappa shape index (κ1) is 26.4. The smallest absolute Gasteiger partial charge is 0.191 e. The summed E-state index contributed by atoms with van der Waals surface area (Å²) >= 11 is 0. The fourth-order valence-electron chi connectivity index (χ4n) is 4.59. The van der Waals surface area contributed by atoms with E-state index in [0.29, 0.717) is 18.0 Å². The van der Waals surface area contributed by atoms with E-state index >= 15 is 0 Å². The van der Waals surface area contributed by atoms with Gasteiger partial charge in [-0.05, 0) is 31.2 Å². The van der Waals surface area contributed by atoms with Crippen LogP contribution in [-0.4, -0.2) is 80.3 Å². The molecular formula is C24H42IN5O. The topological polar surface area (TPSA) is 52.1 Å². The average Bonchev–Trinajstić information content (AvgIpc) is 2.73. The van der Waals surface area contributed by atoms with Gasteiger partial charge in [0, 0.05) is 58.4 Å². The number of nitrogens with one attached hydrogen (secondary N) is 2. The second kappa shape index (κ2) is 13.6. The molecule has 0 amide bonds. The number of rotatable bonds is 7. The molecule has 0 spiro atoms. The van der Waals surface area contributed by atoms with Crippen LogP contribution >= 0.6 is 24.0 Å². The van der Waals surface area contributed by atoms with E-state index in [9.17, 15) is 0 Å². The van der Waals surface area contributed by atoms with Crippen LogP contribution in [0.4, 0.5) is 0 Å². The van der Waals surface area contributed by atoms with E-state index in [2.05, 4.69) is 76.5 Å². The molecule has 2 heterocycles. The fourth-order valence-corrected chi connectivity index (χ4v) is 4.59. The van der Waals surface area contributed by atoms with Crippen molar-refractivity contribution in [2.75, 3.05) is 46.4 Å². The SMILES string of the molecule is CN=C(NCC1CN(CC(C)C)CCO1)NC1CCN(Cc2ccccc2)C(C)C1.I. The molecule has 6 nitrogen and oxygen atoms in total. The fraction of sp³-hybridized carbons (Fsp3) is 0.708. The van der Waals surface area contributed by atoms with Gasteiger partial charge in [-0.3, -0.25) is 14.8 Å². The summed E-state index contributed by atoms with van der Waals surface area (Å²) in [4.78, 5) is 9.56. The first-order chi connectivity index (χ1) is 14.5. The Bertz CT molecular complexity index is 657. The van der Waals surface area contributed by atoms with Gasteiger partial charge in [0.25, 0.3) is 0 Å². The van der Waals surface area contributed by atoms with Crippen molar-refractivity contribution >= 4 is 29.9 Å². The third-order valence-electron chi connectivity index (χ3n) is 6.15. The Morgan fingerprint density at radius 3 is 2.68 bits per heavy atom. The van der Waals surface area contributed by atoms with Gasteiger partial charge in [0.1, 0.15) is 0 Å². The monoisotopic (exact) mass is 543 g/mol. The zero-order chi connectivity index (χ0) is 21.3. The van der Waals surface area contributed by atoms with Gasteiger partial charge in [-0.15, -0.1) is 24.0 Å². The Kier molecular flexibility index (Phi) is 11.6. The number of likely N-dealkylation sites (tertiary alicyclic amines) is 1. The number of ether oxygens (including phenoxy) is 1. The average molecular weight is 544 g/mol. The molecular weight excluding hydrogens is 501 g/mol. The first-order valence-corrected chi connectivity index (χ1v) is 11.6. The third-order valence-corrected chi connectivity index (χ3v) is 6.15. The van der Waals surface area contributed by atoms with Crippen molar-refractivity contribution in [1.82, 2.24) is 20.4 Å². The lowest BCUT2D eigenvalue weighted by Gasteiger charge is -2.38. The van der Waals surface area contributed by atoms with Crippen LogP contribution in [0.3, 0.4) is 0 Å². The number of morpholine rings is 1. The first-order valence-electron chi connectivity index (χ1n) is 11.6. The van der Waals surface area contributed by atoms with Crippen LogP contribution in [0.2, 0.25) is 0 Å². The molecule has 2 aliphatic heterocycles. The summed E-state index contributed by atoms with van der Waals surface area (Å²) in [6.45, 7) is 13.9. The largest absolute Gasteiger partial charge is 0.374 e. The quantitative estimate of drug-likeness (QED) is 0.315. The van der Waals surface area contributed by atoms with Gasteiger partial charge in [0.2, 0.25) is 0 Å². The Hall–Kier alpha value is -0.900. The molecule has 0 aromatic heterocycles. The number of aliphatic imine (C=N–C) groups is 1. The van der Waals surface area contributed by atoms with Crippen LogP contribution in [-0.2, 0) is 11.3 Å². The van der Waals surface area contributed by atoms with E-state index in [1.165, 1.54) is 5.56 Å². The number of hydrogen-bond donors (Lipinski definition) is 2. The van der Waals surface area contributed by atoms with E-state index in [1.807, 2.05) is 7.05 Å². The third kappa shape index (κ3) is 8.86. The minimum absolute atomic E-state index is 0. The summed E-state index contributed by atoms with van der Waals surface area (Å²) in [5, 5.41) is 7.15. The van der Waals surface area contributed by atoms with Gasteiger partial charge in [-0.25, -0.2) is 0 Å². The summed E-state index contributed by atoms with van der Waals surface area (Å²) < 4.78 is 5.97. The van der Waals surface area contributed by atoms with Crippen molar-refractivity contribution in [1.29, 1.82) is 0 Å². The molecule has 0 aliphatic carbocycles. The van der Waals surface area contributed by atoms with Crippen molar-refractivity contribution < 1.29 is 4.74 Å². The normalized spacial score (nSPS) is 25.8. The van der Waals surface area contributed by atoms with Crippen LogP contribution < -0.4 is 10.6 Å². The molecule has 31 heavy (non-hydrogen) atoms. The van der Waals surface area contributed by atoms with Gasteiger partial charge in [0.05, 0.1) is 12.7 Å². The summed E-state index contributed by atoms with van der Waals surface area (Å²) in [7, 11) is 1.86. The molecule has 7 heteroatoms. The molecule has 2 saturated heterocycles. The highest BCUT2D eigenvalue weighted by Gasteiger charge is 2.26. The summed E-state index contributed by atoms with van der Waals surface area (Å²) in [5.41, 5.74) is 1.40. The van der Waals surface area contributed by atoms with E-state index in [0.717, 1.165) is 64.7 Å². The van der Waals surface area contributed by atoms with Gasteiger partial charge in [-0.2, -0.15) is 0 Å². The maximum atomic E-state index is 5.97. The Balaban J connectivity index is 0.00000341. The molecule has 3 rings (SSSR count). The number of nitrogens with zero attached hydrogens (tertiary/aromatic N) is 3. The van der Waals surface area contributed by atoms with Gasteiger partial charge < -0.3 is 15.4 Å². The molecule has 0 saturated carbocycles. The maximum absolute atomic E-state index is 5.97. The van der Waals surface area contributed by atoms with Crippen LogP contribution in [0.15, 0.2) is 35.3 Å². The molecule has 0 bridgehead atoms. The van der Waals surface area contributed by atoms with Crippen LogP contribution in [0, 0.1) is 5.92 Å². The molecule has 2 N–H and O–H groups in total. The predicted octanol–water partition coefficient (Wildman–Crippen LogP) is 3.18. The van der Waals surface area contributed by atoms with E-state index in [1.54, 1.807) is 0 Å². The second-order valence-corrected chi connectivity index (χ2v) is 9.27. The van der Waals surface area contributed by atoms with E-state index < -0.39 is 0 Å². The molecule has 2 fully saturated rings. The minimum atomic E-state index is 0. The van der Waals surface area contributed by atoms with Crippen molar-refractivity contribution in [3.63, 3.8) is 0 Å². The van der Waals surface area contributed by atoms with Crippen LogP contribution in [0.5, 0.6) is 0 Å². The molecule has 3 unspecified atom stereocenters. The zero-order valence-corrected chi connectivity index (χ0v) is 22.0. The number of hydrogen-bond acceptors (Lipinski definition) is 4. The number of benzene rings is 1. The highest BCUT2D eigenvalue weighted by molar-refractivity contribution is 14.0. The Morgan fingerprint density at radius 2 is 2.00 bits per heavy atom. The van der Waals surface area contributed by atoms with Crippen molar-refractivity contribution in [3.8, 4) is 0 Å². The lowest BCUT2D eigenvalue weighted by Crippen LogP contribution is -2.53. The number of piperidine rings is 1. The maximum Gasteiger partial charge on any atom is 0.191 e. The van der Waals surface area contributed by atoms with Crippen molar-refractivity contribution in [3.05, 3.63) is 35.9 Å². The van der Waals surface area contributed by atoms with Gasteiger partial charge in [0.15, 0.2) is 5.96 Å². The lowest BCUT2D eigenvalue weighted by atomic mass is 9.97. The Labute approximate surface area is 206 Å². The van der Waals surface area contributed by atoms with Crippen LogP contribution in [0.25, 0.3) is 0 Å². The van der Waals surface area contributed by atoms with Crippen LogP contribution in [0.1, 0.15) is 39.2 Å². The highest BCUT2D eigenvalue weighted by atomic mass is 127. The van der Waals surface area contributed by atoms with Crippen molar-refractivity contribution in [2.24, 2.45) is 10.9 Å². The van der Waals surface area contributed by atoms with E-state index in [-0.39, 0.29) is 30.1 Å². The zero-order valence-electron chi connectivity index (χ0n) is 19.7. The minimum Gasteiger partial charge on any atom is -0.374 e. The molecule has 3 atom stereocenters. The Morgan fingerprint density at radius 1 is 1.23 bits per heavy atom. The molecule has 1 aromatic rings. The van der Waals surface area contributed by atoms with E-state index in [4.69, 9.17) is 4.74 Å². The lowest BCUT2D eigenvalue weighted by molar-refractivity contribution is -0.0284.